The molecule has 0 aromatic heterocycles. The number of amides is 1. The molecule has 5 heteroatoms. The summed E-state index contributed by atoms with van der Waals surface area (Å²) in [5, 5.41) is 2.76. The minimum Gasteiger partial charge on any atom is -0.440 e. The van der Waals surface area contributed by atoms with Crippen molar-refractivity contribution in [1.29, 1.82) is 0 Å². The van der Waals surface area contributed by atoms with Crippen molar-refractivity contribution in [3.63, 3.8) is 0 Å². The largest absolute Gasteiger partial charge is 0.440 e. The zero-order valence-corrected chi connectivity index (χ0v) is 12.0. The average Bonchev–Trinajstić information content (AvgIpc) is 2.80. The third-order valence-electron chi connectivity index (χ3n) is 4.20. The number of para-hydroxylation sites is 1. The number of ether oxygens (including phenoxy) is 1. The van der Waals surface area contributed by atoms with Gasteiger partial charge in [-0.25, -0.2) is 9.18 Å². The molecule has 0 aliphatic carbocycles. The maximum Gasteiger partial charge on any atom is 0.332 e. The molecule has 1 spiro atoms. The Kier molecular flexibility index (Phi) is 2.84. The van der Waals surface area contributed by atoms with E-state index in [0.29, 0.717) is 22.4 Å². The number of fused-ring (bicyclic) bond motifs is 2. The van der Waals surface area contributed by atoms with Gasteiger partial charge in [0.2, 0.25) is 5.60 Å². The van der Waals surface area contributed by atoms with E-state index >= 15 is 0 Å². The molecule has 2 aromatic rings. The summed E-state index contributed by atoms with van der Waals surface area (Å²) in [4.78, 5) is 24.6. The maximum absolute atomic E-state index is 13.1. The number of hydrogen-bond donors (Lipinski definition) is 1. The third-order valence-corrected chi connectivity index (χ3v) is 4.20. The summed E-state index contributed by atoms with van der Waals surface area (Å²) in [6.45, 7) is 0. The summed E-state index contributed by atoms with van der Waals surface area (Å²) >= 11 is 0. The summed E-state index contributed by atoms with van der Waals surface area (Å²) in [6, 6.07) is 13.0. The smallest absolute Gasteiger partial charge is 0.332 e. The molecule has 1 amide bonds. The third kappa shape index (κ3) is 2.04. The van der Waals surface area contributed by atoms with Gasteiger partial charge in [0.1, 0.15) is 5.82 Å². The van der Waals surface area contributed by atoms with Crippen LogP contribution in [0.15, 0.2) is 54.6 Å². The highest BCUT2D eigenvalue weighted by atomic mass is 19.1. The molecule has 4 nitrogen and oxygen atoms in total. The van der Waals surface area contributed by atoms with E-state index < -0.39 is 11.6 Å². The number of anilines is 1. The molecular weight excluding hydrogens is 297 g/mol. The first-order valence-electron chi connectivity index (χ1n) is 7.19. The van der Waals surface area contributed by atoms with E-state index in [1.165, 1.54) is 18.2 Å². The number of halogens is 1. The van der Waals surface area contributed by atoms with Gasteiger partial charge in [-0.3, -0.25) is 4.79 Å². The molecule has 0 saturated carbocycles. The minimum absolute atomic E-state index is 0.215. The van der Waals surface area contributed by atoms with Crippen LogP contribution in [0.4, 0.5) is 10.1 Å². The highest BCUT2D eigenvalue weighted by molar-refractivity contribution is 6.09. The van der Waals surface area contributed by atoms with Gasteiger partial charge in [-0.15, -0.1) is 0 Å². The van der Waals surface area contributed by atoms with E-state index in [0.717, 1.165) is 0 Å². The van der Waals surface area contributed by atoms with Crippen molar-refractivity contribution in [3.8, 4) is 0 Å². The second kappa shape index (κ2) is 4.78. The van der Waals surface area contributed by atoms with Gasteiger partial charge < -0.3 is 10.1 Å². The number of benzene rings is 2. The number of esters is 1. The van der Waals surface area contributed by atoms with Crippen molar-refractivity contribution in [3.05, 3.63) is 71.6 Å². The van der Waals surface area contributed by atoms with Crippen molar-refractivity contribution >= 4 is 23.1 Å². The molecule has 0 bridgehead atoms. The molecule has 0 radical (unpaired) electrons. The van der Waals surface area contributed by atoms with E-state index in [9.17, 15) is 14.0 Å². The number of nitrogens with one attached hydrogen (secondary N) is 1. The Morgan fingerprint density at radius 3 is 2.57 bits per heavy atom. The van der Waals surface area contributed by atoms with E-state index in [1.807, 2.05) is 0 Å². The van der Waals surface area contributed by atoms with Crippen LogP contribution in [0.3, 0.4) is 0 Å². The van der Waals surface area contributed by atoms with Crippen LogP contribution in [-0.4, -0.2) is 11.9 Å². The molecule has 4 rings (SSSR count). The van der Waals surface area contributed by atoms with Gasteiger partial charge in [-0.1, -0.05) is 30.3 Å². The summed E-state index contributed by atoms with van der Waals surface area (Å²) in [6.07, 6.45) is 1.57. The lowest BCUT2D eigenvalue weighted by Crippen LogP contribution is -2.41. The normalized spacial score (nSPS) is 22.4. The average molecular weight is 309 g/mol. The topological polar surface area (TPSA) is 55.4 Å². The molecule has 0 fully saturated rings. The number of hydrogen-bond acceptors (Lipinski definition) is 3. The molecule has 1 N–H and O–H groups in total. The van der Waals surface area contributed by atoms with Gasteiger partial charge >= 0.3 is 5.97 Å². The van der Waals surface area contributed by atoms with Crippen LogP contribution in [0.1, 0.15) is 17.5 Å². The summed E-state index contributed by atoms with van der Waals surface area (Å²) < 4.78 is 18.6. The van der Waals surface area contributed by atoms with E-state index in [4.69, 9.17) is 4.74 Å². The van der Waals surface area contributed by atoms with Gasteiger partial charge in [0.15, 0.2) is 0 Å². The van der Waals surface area contributed by atoms with E-state index in [1.54, 1.807) is 36.4 Å². The fourth-order valence-corrected chi connectivity index (χ4v) is 3.11. The first-order chi connectivity index (χ1) is 11.1. The fraction of sp³-hybridized carbons (Fsp3) is 0.111. The minimum atomic E-state index is -1.36. The zero-order valence-electron chi connectivity index (χ0n) is 12.0. The Balaban J connectivity index is 1.81. The Morgan fingerprint density at radius 1 is 1.04 bits per heavy atom. The van der Waals surface area contributed by atoms with Crippen LogP contribution in [0.5, 0.6) is 0 Å². The summed E-state index contributed by atoms with van der Waals surface area (Å²) in [5.74, 6) is -1.30. The molecule has 23 heavy (non-hydrogen) atoms. The monoisotopic (exact) mass is 309 g/mol. The van der Waals surface area contributed by atoms with Gasteiger partial charge in [0.25, 0.3) is 5.91 Å². The van der Waals surface area contributed by atoms with Crippen molar-refractivity contribution in [2.45, 2.75) is 12.0 Å². The van der Waals surface area contributed by atoms with Crippen molar-refractivity contribution in [2.75, 3.05) is 5.32 Å². The molecule has 0 unspecified atom stereocenters. The van der Waals surface area contributed by atoms with Crippen LogP contribution >= 0.6 is 0 Å². The molecule has 0 saturated heterocycles. The second-order valence-electron chi connectivity index (χ2n) is 5.60. The van der Waals surface area contributed by atoms with Crippen LogP contribution in [-0.2, 0) is 19.9 Å². The Labute approximate surface area is 131 Å². The lowest BCUT2D eigenvalue weighted by Gasteiger charge is -2.31. The first kappa shape index (κ1) is 13.7. The fourth-order valence-electron chi connectivity index (χ4n) is 3.11. The number of carbonyl (C=O) groups is 2. The van der Waals surface area contributed by atoms with Gasteiger partial charge in [-0.05, 0) is 29.3 Å². The standard InChI is InChI=1S/C18H12FNO3/c19-13-7-5-11(6-8-13)12-9-16(21)23-18(10-12)14-3-1-2-4-15(14)20-17(18)22/h1-9H,10H2,(H,20,22)/t18-/m0/s1. The molecule has 2 aromatic carbocycles. The lowest BCUT2D eigenvalue weighted by molar-refractivity contribution is -0.163. The predicted octanol–water partition coefficient (Wildman–Crippen LogP) is 3.00. The van der Waals surface area contributed by atoms with E-state index in [2.05, 4.69) is 5.32 Å². The Hall–Kier alpha value is -2.95. The van der Waals surface area contributed by atoms with Crippen molar-refractivity contribution in [2.24, 2.45) is 0 Å². The first-order valence-corrected chi connectivity index (χ1v) is 7.19. The highest BCUT2D eigenvalue weighted by Gasteiger charge is 2.52. The lowest BCUT2D eigenvalue weighted by atomic mass is 9.84. The molecule has 1 atom stereocenters. The van der Waals surface area contributed by atoms with Crippen molar-refractivity contribution < 1.29 is 18.7 Å². The SMILES string of the molecule is O=C1C=C(c2ccc(F)cc2)C[C@@]2(O1)C(=O)Nc1ccccc12. The van der Waals surface area contributed by atoms with Crippen LogP contribution in [0.2, 0.25) is 0 Å². The van der Waals surface area contributed by atoms with Crippen molar-refractivity contribution in [1.82, 2.24) is 0 Å². The van der Waals surface area contributed by atoms with Crippen LogP contribution in [0, 0.1) is 5.82 Å². The van der Waals surface area contributed by atoms with Gasteiger partial charge in [0.05, 0.1) is 0 Å². The van der Waals surface area contributed by atoms with Crippen LogP contribution in [0.25, 0.3) is 5.57 Å². The van der Waals surface area contributed by atoms with Gasteiger partial charge in [-0.2, -0.15) is 0 Å². The quantitative estimate of drug-likeness (QED) is 0.824. The maximum atomic E-state index is 13.1. The van der Waals surface area contributed by atoms with E-state index in [-0.39, 0.29) is 18.1 Å². The number of rotatable bonds is 1. The number of carbonyl (C=O) groups excluding carboxylic acids is 2. The van der Waals surface area contributed by atoms with Crippen LogP contribution < -0.4 is 5.32 Å². The Bertz CT molecular complexity index is 857. The second-order valence-corrected chi connectivity index (χ2v) is 5.60. The van der Waals surface area contributed by atoms with Gasteiger partial charge in [0, 0.05) is 23.7 Å². The zero-order chi connectivity index (χ0) is 16.0. The molecular formula is C18H12FNO3. The molecule has 114 valence electrons. The Morgan fingerprint density at radius 2 is 1.78 bits per heavy atom. The highest BCUT2D eigenvalue weighted by Crippen LogP contribution is 2.46. The molecule has 2 aliphatic rings. The predicted molar refractivity (Wildman–Crippen MR) is 81.8 cm³/mol. The summed E-state index contributed by atoms with van der Waals surface area (Å²) in [7, 11) is 0. The molecule has 2 aliphatic heterocycles. The molecule has 2 heterocycles. The summed E-state index contributed by atoms with van der Waals surface area (Å²) in [5.41, 5.74) is 1.27.